The lowest BCUT2D eigenvalue weighted by molar-refractivity contribution is -0.122. The Morgan fingerprint density at radius 3 is 2.56 bits per heavy atom. The predicted molar refractivity (Wildman–Crippen MR) is 68.9 cm³/mol. The minimum Gasteiger partial charge on any atom is -0.384 e. The molecule has 0 saturated carbocycles. The molecule has 1 unspecified atom stereocenters. The third kappa shape index (κ3) is 3.81. The fraction of sp³-hybridized carbons (Fsp3) is 0.333. The summed E-state index contributed by atoms with van der Waals surface area (Å²) < 4.78 is 12.1. The van der Waals surface area contributed by atoms with Gasteiger partial charge in [0.2, 0.25) is 5.91 Å². The third-order valence-corrected chi connectivity index (χ3v) is 2.46. The van der Waals surface area contributed by atoms with E-state index in [2.05, 4.69) is 10.3 Å². The number of aliphatic imine (C=N–C) groups is 1. The van der Waals surface area contributed by atoms with Crippen molar-refractivity contribution in [2.45, 2.75) is 12.6 Å². The van der Waals surface area contributed by atoms with Crippen LogP contribution in [-0.2, 0) is 11.3 Å². The number of amides is 1. The van der Waals surface area contributed by atoms with Crippen molar-refractivity contribution >= 4 is 11.7 Å². The zero-order valence-corrected chi connectivity index (χ0v) is 10.2. The van der Waals surface area contributed by atoms with Gasteiger partial charge in [-0.2, -0.15) is 0 Å². The summed E-state index contributed by atoms with van der Waals surface area (Å²) in [6.45, 7) is -0.565. The number of nitrogens with one attached hydrogen (secondary N) is 1. The summed E-state index contributed by atoms with van der Waals surface area (Å²) >= 11 is 0. The van der Waals surface area contributed by atoms with Crippen molar-refractivity contribution < 1.29 is 9.18 Å². The van der Waals surface area contributed by atoms with Crippen LogP contribution >= 0.6 is 0 Å². The maximum atomic E-state index is 12.1. The highest BCUT2D eigenvalue weighted by Gasteiger charge is 2.11. The van der Waals surface area contributed by atoms with E-state index in [0.717, 1.165) is 11.1 Å². The number of hydrogen-bond acceptors (Lipinski definition) is 3. The molecule has 0 fully saturated rings. The fourth-order valence-corrected chi connectivity index (χ4v) is 1.31. The van der Waals surface area contributed by atoms with Crippen LogP contribution in [0.4, 0.5) is 4.39 Å². The summed E-state index contributed by atoms with van der Waals surface area (Å²) in [5.41, 5.74) is 12.6. The van der Waals surface area contributed by atoms with Crippen LogP contribution in [0.3, 0.4) is 0 Å². The molecular formula is C12H17FN4O. The molecule has 0 heterocycles. The van der Waals surface area contributed by atoms with E-state index in [4.69, 9.17) is 11.5 Å². The molecule has 98 valence electrons. The van der Waals surface area contributed by atoms with E-state index in [1.54, 1.807) is 19.2 Å². The van der Waals surface area contributed by atoms with Crippen LogP contribution in [0.25, 0.3) is 0 Å². The molecule has 0 spiro atoms. The molecule has 0 bridgehead atoms. The summed E-state index contributed by atoms with van der Waals surface area (Å²) in [4.78, 5) is 15.1. The Hall–Kier alpha value is -1.95. The Morgan fingerprint density at radius 1 is 1.44 bits per heavy atom. The molecule has 0 aliphatic carbocycles. The average molecular weight is 252 g/mol. The number of rotatable bonds is 5. The minimum atomic E-state index is -1.10. The zero-order chi connectivity index (χ0) is 13.5. The van der Waals surface area contributed by atoms with Gasteiger partial charge in [-0.05, 0) is 5.56 Å². The van der Waals surface area contributed by atoms with Crippen molar-refractivity contribution in [2.75, 3.05) is 13.7 Å². The molecule has 0 radical (unpaired) electrons. The van der Waals surface area contributed by atoms with Crippen molar-refractivity contribution in [3.8, 4) is 0 Å². The second-order valence-electron chi connectivity index (χ2n) is 3.78. The van der Waals surface area contributed by atoms with Gasteiger partial charge in [-0.1, -0.05) is 24.3 Å². The van der Waals surface area contributed by atoms with Gasteiger partial charge in [-0.3, -0.25) is 9.79 Å². The first-order valence-electron chi connectivity index (χ1n) is 5.49. The normalized spacial score (nSPS) is 13.2. The maximum absolute atomic E-state index is 12.1. The van der Waals surface area contributed by atoms with E-state index in [-0.39, 0.29) is 0 Å². The molecule has 1 atom stereocenters. The second-order valence-corrected chi connectivity index (χ2v) is 3.78. The van der Waals surface area contributed by atoms with Crippen LogP contribution < -0.4 is 16.8 Å². The largest absolute Gasteiger partial charge is 0.384 e. The van der Waals surface area contributed by atoms with E-state index >= 15 is 0 Å². The Balaban J connectivity index is 2.57. The molecule has 5 nitrogen and oxygen atoms in total. The van der Waals surface area contributed by atoms with Gasteiger partial charge >= 0.3 is 0 Å². The first kappa shape index (κ1) is 14.1. The molecule has 1 amide bonds. The standard InChI is InChI=1S/C12H17FN4O/c1-16-11(15)9-4-2-8(3-5-9)7-17-12(18)10(14)6-13/h2-5,10H,6-7,14H2,1H3,(H2,15,16)(H,17,18). The SMILES string of the molecule is CN=C(N)c1ccc(CNC(=O)C(N)CF)cc1. The van der Waals surface area contributed by atoms with E-state index in [1.165, 1.54) is 0 Å². The smallest absolute Gasteiger partial charge is 0.239 e. The molecule has 0 aliphatic heterocycles. The molecule has 0 aromatic heterocycles. The number of carbonyl (C=O) groups is 1. The van der Waals surface area contributed by atoms with E-state index < -0.39 is 18.6 Å². The van der Waals surface area contributed by atoms with Crippen molar-refractivity contribution in [2.24, 2.45) is 16.5 Å². The topological polar surface area (TPSA) is 93.5 Å². The van der Waals surface area contributed by atoms with Gasteiger partial charge in [0.25, 0.3) is 0 Å². The Bertz CT molecular complexity index is 430. The molecule has 0 saturated heterocycles. The summed E-state index contributed by atoms with van der Waals surface area (Å²) in [7, 11) is 1.61. The lowest BCUT2D eigenvalue weighted by Gasteiger charge is -2.09. The van der Waals surface area contributed by atoms with Crippen LogP contribution in [0.1, 0.15) is 11.1 Å². The van der Waals surface area contributed by atoms with Gasteiger partial charge in [0, 0.05) is 19.2 Å². The molecular weight excluding hydrogens is 235 g/mol. The fourth-order valence-electron chi connectivity index (χ4n) is 1.31. The average Bonchev–Trinajstić information content (AvgIpc) is 2.43. The lowest BCUT2D eigenvalue weighted by atomic mass is 10.1. The van der Waals surface area contributed by atoms with Gasteiger partial charge in [0.15, 0.2) is 0 Å². The molecule has 18 heavy (non-hydrogen) atoms. The van der Waals surface area contributed by atoms with Gasteiger partial charge in [0.05, 0.1) is 0 Å². The first-order chi connectivity index (χ1) is 8.58. The van der Waals surface area contributed by atoms with Gasteiger partial charge in [-0.15, -0.1) is 0 Å². The number of nitrogens with zero attached hydrogens (tertiary/aromatic N) is 1. The summed E-state index contributed by atoms with van der Waals surface area (Å²) in [6, 6.07) is 6.13. The van der Waals surface area contributed by atoms with Gasteiger partial charge < -0.3 is 16.8 Å². The minimum absolute atomic E-state index is 0.302. The lowest BCUT2D eigenvalue weighted by Crippen LogP contribution is -2.41. The Labute approximate surface area is 105 Å². The summed E-state index contributed by atoms with van der Waals surface area (Å²) in [6.07, 6.45) is 0. The second kappa shape index (κ2) is 6.70. The van der Waals surface area contributed by atoms with Crippen molar-refractivity contribution in [3.05, 3.63) is 35.4 Å². The van der Waals surface area contributed by atoms with Crippen LogP contribution in [0.5, 0.6) is 0 Å². The number of carbonyl (C=O) groups excluding carboxylic acids is 1. The molecule has 1 aromatic carbocycles. The van der Waals surface area contributed by atoms with Crippen LogP contribution in [0.15, 0.2) is 29.3 Å². The number of nitrogens with two attached hydrogens (primary N) is 2. The number of amidine groups is 1. The molecule has 1 rings (SSSR count). The van der Waals surface area contributed by atoms with Crippen LogP contribution in [-0.4, -0.2) is 31.5 Å². The molecule has 6 heteroatoms. The molecule has 1 aromatic rings. The van der Waals surface area contributed by atoms with Crippen LogP contribution in [0, 0.1) is 0 Å². The van der Waals surface area contributed by atoms with Crippen molar-refractivity contribution in [3.63, 3.8) is 0 Å². The van der Waals surface area contributed by atoms with Gasteiger partial charge in [0.1, 0.15) is 18.6 Å². The van der Waals surface area contributed by atoms with E-state index in [1.807, 2.05) is 12.1 Å². The Morgan fingerprint density at radius 2 is 2.06 bits per heavy atom. The third-order valence-electron chi connectivity index (χ3n) is 2.46. The highest BCUT2D eigenvalue weighted by atomic mass is 19.1. The summed E-state index contributed by atoms with van der Waals surface area (Å²) in [5, 5.41) is 2.55. The number of halogens is 1. The maximum Gasteiger partial charge on any atom is 0.239 e. The van der Waals surface area contributed by atoms with E-state index in [9.17, 15) is 9.18 Å². The highest BCUT2D eigenvalue weighted by Crippen LogP contribution is 2.04. The summed E-state index contributed by atoms with van der Waals surface area (Å²) in [5.74, 6) is -0.0544. The first-order valence-corrected chi connectivity index (χ1v) is 5.49. The number of benzene rings is 1. The number of hydrogen-bond donors (Lipinski definition) is 3. The predicted octanol–water partition coefficient (Wildman–Crippen LogP) is -0.0653. The van der Waals surface area contributed by atoms with Crippen molar-refractivity contribution in [1.82, 2.24) is 5.32 Å². The van der Waals surface area contributed by atoms with Gasteiger partial charge in [-0.25, -0.2) is 4.39 Å². The molecule has 0 aliphatic rings. The van der Waals surface area contributed by atoms with Crippen LogP contribution in [0.2, 0.25) is 0 Å². The molecule has 5 N–H and O–H groups in total. The highest BCUT2D eigenvalue weighted by molar-refractivity contribution is 5.97. The monoisotopic (exact) mass is 252 g/mol. The van der Waals surface area contributed by atoms with Crippen molar-refractivity contribution in [1.29, 1.82) is 0 Å². The van der Waals surface area contributed by atoms with E-state index in [0.29, 0.717) is 12.4 Å². The zero-order valence-electron chi connectivity index (χ0n) is 10.2. The Kier molecular flexibility index (Phi) is 5.26. The quantitative estimate of drug-likeness (QED) is 0.506. The number of alkyl halides is 1.